The Balaban J connectivity index is 2.03. The highest BCUT2D eigenvalue weighted by molar-refractivity contribution is 6.44. The molecule has 0 aliphatic carbocycles. The molecule has 164 valence electrons. The molecule has 9 heteroatoms. The van der Waals surface area contributed by atoms with Gasteiger partial charge in [-0.3, -0.25) is 9.36 Å². The molecule has 2 amide bonds. The van der Waals surface area contributed by atoms with Gasteiger partial charge in [0, 0.05) is 18.1 Å². The largest absolute Gasteiger partial charge is 0.322 e. The summed E-state index contributed by atoms with van der Waals surface area (Å²) in [6.07, 6.45) is 0.723. The lowest BCUT2D eigenvalue weighted by Crippen LogP contribution is -2.40. The van der Waals surface area contributed by atoms with Crippen molar-refractivity contribution in [2.24, 2.45) is 0 Å². The number of fused-ring (bicyclic) bond motifs is 1. The van der Waals surface area contributed by atoms with Gasteiger partial charge in [0.05, 0.1) is 32.7 Å². The minimum Gasteiger partial charge on any atom is -0.315 e. The van der Waals surface area contributed by atoms with Crippen LogP contribution in [-0.4, -0.2) is 27.0 Å². The molecule has 3 aromatic rings. The molecule has 0 saturated heterocycles. The van der Waals surface area contributed by atoms with E-state index in [0.29, 0.717) is 45.5 Å². The van der Waals surface area contributed by atoms with Gasteiger partial charge in [-0.05, 0) is 50.6 Å². The Hall–Kier alpha value is -2.28. The Morgan fingerprint density at radius 1 is 1.19 bits per heavy atom. The number of hydrogen-bond acceptors (Lipinski definition) is 3. The van der Waals surface area contributed by atoms with Crippen LogP contribution in [-0.2, 0) is 6.54 Å². The summed E-state index contributed by atoms with van der Waals surface area (Å²) >= 11 is 18.4. The molecule has 0 saturated carbocycles. The van der Waals surface area contributed by atoms with Gasteiger partial charge in [-0.15, -0.1) is 0 Å². The molecule has 1 N–H and O–H groups in total. The summed E-state index contributed by atoms with van der Waals surface area (Å²) in [5.41, 5.74) is 0.767. The Labute approximate surface area is 195 Å². The quantitative estimate of drug-likeness (QED) is 0.444. The van der Waals surface area contributed by atoms with Crippen molar-refractivity contribution < 1.29 is 4.79 Å². The van der Waals surface area contributed by atoms with Crippen LogP contribution in [0.2, 0.25) is 15.1 Å². The number of hydrogen-bond donors (Lipinski definition) is 1. The lowest BCUT2D eigenvalue weighted by atomic mass is 10.2. The maximum Gasteiger partial charge on any atom is 0.322 e. The fourth-order valence-corrected chi connectivity index (χ4v) is 3.99. The van der Waals surface area contributed by atoms with E-state index in [2.05, 4.69) is 5.32 Å². The molecule has 2 aromatic carbocycles. The summed E-state index contributed by atoms with van der Waals surface area (Å²) < 4.78 is 1.58. The standard InChI is InChI=1S/C22H23Cl3N4O2/c1-4-11-29(22(31)27-18-8-6-7-16(24)19(18)25)13(3)20-26-17-10-9-14(23)12-15(17)21(30)28(20)5-2/h6-10,12-13H,4-5,11H2,1-3H3,(H,27,31). The van der Waals surface area contributed by atoms with Crippen molar-refractivity contribution in [2.45, 2.75) is 39.8 Å². The molecule has 0 fully saturated rings. The van der Waals surface area contributed by atoms with Crippen LogP contribution in [0.3, 0.4) is 0 Å². The molecule has 0 radical (unpaired) electrons. The molecule has 1 heterocycles. The van der Waals surface area contributed by atoms with Crippen LogP contribution in [0.25, 0.3) is 10.9 Å². The highest BCUT2D eigenvalue weighted by atomic mass is 35.5. The van der Waals surface area contributed by atoms with E-state index in [1.54, 1.807) is 45.9 Å². The molecule has 0 bridgehead atoms. The third-order valence-electron chi connectivity index (χ3n) is 5.02. The third kappa shape index (κ3) is 4.81. The Kier molecular flexibility index (Phi) is 7.46. The highest BCUT2D eigenvalue weighted by Gasteiger charge is 2.26. The number of amides is 2. The first kappa shape index (κ1) is 23.4. The van der Waals surface area contributed by atoms with E-state index in [-0.39, 0.29) is 16.6 Å². The number of benzene rings is 2. The van der Waals surface area contributed by atoms with Gasteiger partial charge < -0.3 is 10.2 Å². The molecular formula is C22H23Cl3N4O2. The first-order valence-electron chi connectivity index (χ1n) is 10.00. The van der Waals surface area contributed by atoms with Gasteiger partial charge in [-0.25, -0.2) is 9.78 Å². The first-order valence-corrected chi connectivity index (χ1v) is 11.1. The van der Waals surface area contributed by atoms with Gasteiger partial charge in [0.2, 0.25) is 0 Å². The van der Waals surface area contributed by atoms with Gasteiger partial charge in [-0.1, -0.05) is 47.8 Å². The van der Waals surface area contributed by atoms with Gasteiger partial charge in [0.15, 0.2) is 0 Å². The van der Waals surface area contributed by atoms with Crippen molar-refractivity contribution >= 4 is 57.4 Å². The molecule has 0 spiro atoms. The number of carbonyl (C=O) groups is 1. The zero-order valence-corrected chi connectivity index (χ0v) is 19.7. The van der Waals surface area contributed by atoms with Crippen LogP contribution < -0.4 is 10.9 Å². The van der Waals surface area contributed by atoms with Crippen LogP contribution in [0.15, 0.2) is 41.2 Å². The SMILES string of the molecule is CCCN(C(=O)Nc1cccc(Cl)c1Cl)C(C)c1nc2ccc(Cl)cc2c(=O)n1CC. The van der Waals surface area contributed by atoms with Gasteiger partial charge in [0.25, 0.3) is 5.56 Å². The lowest BCUT2D eigenvalue weighted by molar-refractivity contribution is 0.188. The van der Waals surface area contributed by atoms with Gasteiger partial charge in [0.1, 0.15) is 5.82 Å². The van der Waals surface area contributed by atoms with Crippen LogP contribution in [0.5, 0.6) is 0 Å². The average molecular weight is 482 g/mol. The molecule has 3 rings (SSSR count). The smallest absolute Gasteiger partial charge is 0.315 e. The van der Waals surface area contributed by atoms with Crippen molar-refractivity contribution in [3.05, 3.63) is 67.6 Å². The number of halogens is 3. The Bertz CT molecular complexity index is 1180. The van der Waals surface area contributed by atoms with E-state index in [1.807, 2.05) is 20.8 Å². The second-order valence-electron chi connectivity index (χ2n) is 7.08. The number of nitrogens with one attached hydrogen (secondary N) is 1. The van der Waals surface area contributed by atoms with Crippen LogP contribution in [0.4, 0.5) is 10.5 Å². The summed E-state index contributed by atoms with van der Waals surface area (Å²) in [5, 5.41) is 4.36. The predicted octanol–water partition coefficient (Wildman–Crippen LogP) is 6.38. The predicted molar refractivity (Wildman–Crippen MR) is 128 cm³/mol. The van der Waals surface area contributed by atoms with E-state index >= 15 is 0 Å². The molecule has 1 aromatic heterocycles. The fourth-order valence-electron chi connectivity index (χ4n) is 3.47. The molecule has 0 aliphatic heterocycles. The zero-order chi connectivity index (χ0) is 22.7. The average Bonchev–Trinajstić information content (AvgIpc) is 2.75. The minimum atomic E-state index is -0.467. The van der Waals surface area contributed by atoms with E-state index in [0.717, 1.165) is 6.42 Å². The number of anilines is 1. The summed E-state index contributed by atoms with van der Waals surface area (Å²) in [7, 11) is 0. The minimum absolute atomic E-state index is 0.188. The molecule has 1 unspecified atom stereocenters. The van der Waals surface area contributed by atoms with E-state index in [1.165, 1.54) is 0 Å². The topological polar surface area (TPSA) is 67.2 Å². The van der Waals surface area contributed by atoms with Crippen LogP contribution in [0, 0.1) is 0 Å². The van der Waals surface area contributed by atoms with Crippen molar-refractivity contribution in [2.75, 3.05) is 11.9 Å². The number of aromatic nitrogens is 2. The summed E-state index contributed by atoms with van der Waals surface area (Å²) in [6, 6.07) is 9.24. The first-order chi connectivity index (χ1) is 14.8. The normalized spacial score (nSPS) is 12.1. The van der Waals surface area contributed by atoms with Crippen molar-refractivity contribution in [3.8, 4) is 0 Å². The molecular weight excluding hydrogens is 459 g/mol. The number of urea groups is 1. The maximum absolute atomic E-state index is 13.2. The Morgan fingerprint density at radius 3 is 2.61 bits per heavy atom. The number of rotatable bonds is 6. The number of carbonyl (C=O) groups excluding carboxylic acids is 1. The summed E-state index contributed by atoms with van der Waals surface area (Å²) in [5.74, 6) is 0.503. The molecule has 0 aliphatic rings. The molecule has 6 nitrogen and oxygen atoms in total. The van der Waals surface area contributed by atoms with E-state index in [9.17, 15) is 9.59 Å². The second-order valence-corrected chi connectivity index (χ2v) is 8.30. The van der Waals surface area contributed by atoms with Gasteiger partial charge in [-0.2, -0.15) is 0 Å². The zero-order valence-electron chi connectivity index (χ0n) is 17.5. The van der Waals surface area contributed by atoms with Gasteiger partial charge >= 0.3 is 6.03 Å². The van der Waals surface area contributed by atoms with Crippen molar-refractivity contribution in [3.63, 3.8) is 0 Å². The lowest BCUT2D eigenvalue weighted by Gasteiger charge is -2.30. The second kappa shape index (κ2) is 9.90. The molecule has 31 heavy (non-hydrogen) atoms. The number of nitrogens with zero attached hydrogens (tertiary/aromatic N) is 3. The monoisotopic (exact) mass is 480 g/mol. The Morgan fingerprint density at radius 2 is 1.94 bits per heavy atom. The van der Waals surface area contributed by atoms with Crippen molar-refractivity contribution in [1.82, 2.24) is 14.5 Å². The third-order valence-corrected chi connectivity index (χ3v) is 6.08. The van der Waals surface area contributed by atoms with E-state index in [4.69, 9.17) is 39.8 Å². The molecule has 1 atom stereocenters. The van der Waals surface area contributed by atoms with Crippen molar-refractivity contribution in [1.29, 1.82) is 0 Å². The van der Waals surface area contributed by atoms with Crippen LogP contribution in [0.1, 0.15) is 39.1 Å². The van der Waals surface area contributed by atoms with Crippen LogP contribution >= 0.6 is 34.8 Å². The fraction of sp³-hybridized carbons (Fsp3) is 0.318. The maximum atomic E-state index is 13.2. The summed E-state index contributed by atoms with van der Waals surface area (Å²) in [6.45, 7) is 6.57. The summed E-state index contributed by atoms with van der Waals surface area (Å²) in [4.78, 5) is 32.6. The highest BCUT2D eigenvalue weighted by Crippen LogP contribution is 2.30. The van der Waals surface area contributed by atoms with E-state index < -0.39 is 6.04 Å².